The van der Waals surface area contributed by atoms with E-state index in [0.717, 1.165) is 24.2 Å². The van der Waals surface area contributed by atoms with Crippen LogP contribution >= 0.6 is 23.2 Å². The van der Waals surface area contributed by atoms with Gasteiger partial charge < -0.3 is 9.47 Å². The van der Waals surface area contributed by atoms with E-state index in [4.69, 9.17) is 32.7 Å². The second-order valence-electron chi connectivity index (χ2n) is 4.93. The van der Waals surface area contributed by atoms with Crippen LogP contribution in [0.1, 0.15) is 31.4 Å². The molecule has 0 bridgehead atoms. The van der Waals surface area contributed by atoms with Crippen LogP contribution in [0.4, 0.5) is 0 Å². The van der Waals surface area contributed by atoms with E-state index in [9.17, 15) is 0 Å². The van der Waals surface area contributed by atoms with E-state index >= 15 is 0 Å². The smallest absolute Gasteiger partial charge is 0.118 e. The van der Waals surface area contributed by atoms with E-state index in [0.29, 0.717) is 5.88 Å². The average Bonchev–Trinajstić information content (AvgIpc) is 2.46. The Hall–Kier alpha value is -0.440. The van der Waals surface area contributed by atoms with Gasteiger partial charge in [-0.25, -0.2) is 0 Å². The van der Waals surface area contributed by atoms with Crippen LogP contribution in [0.5, 0.6) is 5.75 Å². The lowest BCUT2D eigenvalue weighted by Gasteiger charge is -2.39. The van der Waals surface area contributed by atoms with Crippen molar-refractivity contribution >= 4 is 23.2 Å². The highest BCUT2D eigenvalue weighted by atomic mass is 35.5. The quantitative estimate of drug-likeness (QED) is 0.768. The fourth-order valence-corrected chi connectivity index (χ4v) is 3.43. The molecule has 4 atom stereocenters. The summed E-state index contributed by atoms with van der Waals surface area (Å²) < 4.78 is 11.3. The summed E-state index contributed by atoms with van der Waals surface area (Å²) in [5.41, 5.74) is 1.12. The molecule has 1 fully saturated rings. The predicted octanol–water partition coefficient (Wildman–Crippen LogP) is 4.40. The molecule has 0 N–H and O–H groups in total. The van der Waals surface area contributed by atoms with E-state index in [1.807, 2.05) is 24.3 Å². The molecule has 1 aromatic carbocycles. The van der Waals surface area contributed by atoms with Crippen molar-refractivity contribution in [3.8, 4) is 5.75 Å². The molecule has 1 saturated heterocycles. The van der Waals surface area contributed by atoms with Gasteiger partial charge in [-0.3, -0.25) is 0 Å². The average molecular weight is 303 g/mol. The molecule has 1 aromatic rings. The van der Waals surface area contributed by atoms with Crippen LogP contribution in [0.15, 0.2) is 24.3 Å². The molecule has 4 heteroatoms. The maximum atomic E-state index is 6.47. The highest BCUT2D eigenvalue weighted by molar-refractivity contribution is 6.22. The van der Waals surface area contributed by atoms with Crippen molar-refractivity contribution in [2.75, 3.05) is 13.0 Å². The Kier molecular flexibility index (Phi) is 5.37. The van der Waals surface area contributed by atoms with Crippen molar-refractivity contribution in [3.05, 3.63) is 29.8 Å². The normalized spacial score (nSPS) is 31.2. The first kappa shape index (κ1) is 15.0. The van der Waals surface area contributed by atoms with Crippen LogP contribution in [-0.4, -0.2) is 24.5 Å². The summed E-state index contributed by atoms with van der Waals surface area (Å²) in [4.78, 5) is 0. The number of halogens is 2. The Balaban J connectivity index is 2.21. The maximum absolute atomic E-state index is 6.47. The Labute approximate surface area is 125 Å². The van der Waals surface area contributed by atoms with Gasteiger partial charge in [-0.2, -0.15) is 0 Å². The molecule has 0 radical (unpaired) electrons. The van der Waals surface area contributed by atoms with E-state index in [1.165, 1.54) is 0 Å². The maximum Gasteiger partial charge on any atom is 0.118 e. The molecular weight excluding hydrogens is 283 g/mol. The van der Waals surface area contributed by atoms with Crippen LogP contribution in [0.3, 0.4) is 0 Å². The predicted molar refractivity (Wildman–Crippen MR) is 79.4 cm³/mol. The Morgan fingerprint density at radius 2 is 2.00 bits per heavy atom. The molecule has 0 aliphatic carbocycles. The van der Waals surface area contributed by atoms with Gasteiger partial charge in [0.05, 0.1) is 19.3 Å². The van der Waals surface area contributed by atoms with Crippen molar-refractivity contribution in [1.82, 2.24) is 0 Å². The third-order valence-electron chi connectivity index (χ3n) is 3.76. The Morgan fingerprint density at radius 3 is 2.53 bits per heavy atom. The summed E-state index contributed by atoms with van der Waals surface area (Å²) in [6, 6.07) is 7.96. The number of hydrogen-bond acceptors (Lipinski definition) is 2. The van der Waals surface area contributed by atoms with Crippen molar-refractivity contribution < 1.29 is 9.47 Å². The van der Waals surface area contributed by atoms with Gasteiger partial charge in [0.15, 0.2) is 0 Å². The van der Waals surface area contributed by atoms with Gasteiger partial charge >= 0.3 is 0 Å². The second-order valence-corrected chi connectivity index (χ2v) is 5.80. The van der Waals surface area contributed by atoms with E-state index < -0.39 is 0 Å². The lowest BCUT2D eigenvalue weighted by molar-refractivity contribution is -0.0788. The molecule has 0 amide bonds. The number of rotatable bonds is 4. The van der Waals surface area contributed by atoms with Crippen LogP contribution in [0, 0.1) is 5.92 Å². The van der Waals surface area contributed by atoms with Gasteiger partial charge in [-0.15, -0.1) is 23.2 Å². The lowest BCUT2D eigenvalue weighted by atomic mass is 9.87. The summed E-state index contributed by atoms with van der Waals surface area (Å²) in [5.74, 6) is 1.51. The third-order valence-corrected chi connectivity index (χ3v) is 4.62. The van der Waals surface area contributed by atoms with Gasteiger partial charge in [0.2, 0.25) is 0 Å². The molecule has 0 spiro atoms. The Morgan fingerprint density at radius 1 is 1.32 bits per heavy atom. The van der Waals surface area contributed by atoms with Crippen LogP contribution < -0.4 is 4.74 Å². The first-order valence-electron chi connectivity index (χ1n) is 6.69. The Bertz CT molecular complexity index is 394. The molecule has 1 aliphatic heterocycles. The van der Waals surface area contributed by atoms with E-state index in [-0.39, 0.29) is 23.5 Å². The minimum absolute atomic E-state index is 0.0235. The molecule has 0 unspecified atom stereocenters. The molecule has 19 heavy (non-hydrogen) atoms. The monoisotopic (exact) mass is 302 g/mol. The lowest BCUT2D eigenvalue weighted by Crippen LogP contribution is -2.37. The summed E-state index contributed by atoms with van der Waals surface area (Å²) in [6.07, 6.45) is 2.05. The summed E-state index contributed by atoms with van der Waals surface area (Å²) in [6.45, 7) is 2.13. The van der Waals surface area contributed by atoms with Gasteiger partial charge in [0, 0.05) is 17.2 Å². The molecule has 2 rings (SSSR count). The first-order valence-corrected chi connectivity index (χ1v) is 7.66. The van der Waals surface area contributed by atoms with Crippen molar-refractivity contribution in [2.45, 2.75) is 37.4 Å². The fourth-order valence-electron chi connectivity index (χ4n) is 2.54. The van der Waals surface area contributed by atoms with E-state index in [1.54, 1.807) is 7.11 Å². The van der Waals surface area contributed by atoms with Gasteiger partial charge in [0.1, 0.15) is 5.75 Å². The minimum Gasteiger partial charge on any atom is -0.497 e. The third kappa shape index (κ3) is 3.36. The number of methoxy groups -OCH3 is 1. The highest BCUT2D eigenvalue weighted by Gasteiger charge is 2.37. The number of benzene rings is 1. The molecule has 1 aliphatic rings. The second kappa shape index (κ2) is 6.83. The van der Waals surface area contributed by atoms with Crippen LogP contribution in [0.2, 0.25) is 0 Å². The van der Waals surface area contributed by atoms with Crippen LogP contribution in [0.25, 0.3) is 0 Å². The summed E-state index contributed by atoms with van der Waals surface area (Å²) in [7, 11) is 1.66. The van der Waals surface area contributed by atoms with Gasteiger partial charge in [0.25, 0.3) is 0 Å². The standard InChI is InChI=1S/C15H20Cl2O2/c1-3-11-8-14(17)13(9-16)15(19-11)10-4-6-12(18-2)7-5-10/h4-7,11,13-15H,3,8-9H2,1-2H3/t11-,13-,14+,15+/m0/s1. The largest absolute Gasteiger partial charge is 0.497 e. The van der Waals surface area contributed by atoms with Gasteiger partial charge in [-0.05, 0) is 30.5 Å². The van der Waals surface area contributed by atoms with Crippen molar-refractivity contribution in [1.29, 1.82) is 0 Å². The minimum atomic E-state index is -0.0235. The highest BCUT2D eigenvalue weighted by Crippen LogP contribution is 2.40. The number of hydrogen-bond donors (Lipinski definition) is 0. The molecule has 1 heterocycles. The number of alkyl halides is 2. The van der Waals surface area contributed by atoms with E-state index in [2.05, 4.69) is 6.92 Å². The zero-order chi connectivity index (χ0) is 13.8. The summed E-state index contributed by atoms with van der Waals surface area (Å²) in [5, 5.41) is 0.0725. The van der Waals surface area contributed by atoms with Crippen molar-refractivity contribution in [2.24, 2.45) is 5.92 Å². The molecule has 0 saturated carbocycles. The van der Waals surface area contributed by atoms with Gasteiger partial charge in [-0.1, -0.05) is 19.1 Å². The zero-order valence-electron chi connectivity index (χ0n) is 11.3. The molecule has 106 valence electrons. The van der Waals surface area contributed by atoms with Crippen LogP contribution in [-0.2, 0) is 4.74 Å². The first-order chi connectivity index (χ1) is 9.19. The number of ether oxygens (including phenoxy) is 2. The SMILES string of the molecule is CC[C@H]1C[C@@H](Cl)[C@H](CCl)[C@@H](c2ccc(OC)cc2)O1. The molecule has 0 aromatic heterocycles. The fraction of sp³-hybridized carbons (Fsp3) is 0.600. The molecular formula is C15H20Cl2O2. The summed E-state index contributed by atoms with van der Waals surface area (Å²) >= 11 is 12.6. The topological polar surface area (TPSA) is 18.5 Å². The zero-order valence-corrected chi connectivity index (χ0v) is 12.8. The van der Waals surface area contributed by atoms with Crippen molar-refractivity contribution in [3.63, 3.8) is 0 Å². The molecule has 2 nitrogen and oxygen atoms in total.